The molecule has 0 heterocycles. The first-order chi connectivity index (χ1) is 12.0. The second-order valence-corrected chi connectivity index (χ2v) is 6.07. The van der Waals surface area contributed by atoms with E-state index in [4.69, 9.17) is 0 Å². The second kappa shape index (κ2) is 9.13. The maximum atomic E-state index is 13.8. The van der Waals surface area contributed by atoms with Gasteiger partial charge in [0.05, 0.1) is 0 Å². The number of nitrogens with one attached hydrogen (secondary N) is 2. The first-order valence-electron chi connectivity index (χ1n) is 8.09. The molecule has 134 valence electrons. The molecule has 2 aromatic carbocycles. The van der Waals surface area contributed by atoms with E-state index in [9.17, 15) is 8.78 Å². The molecule has 0 aliphatic carbocycles. The van der Waals surface area contributed by atoms with E-state index in [0.29, 0.717) is 31.2 Å². The van der Waals surface area contributed by atoms with Crippen molar-refractivity contribution in [2.45, 2.75) is 19.6 Å². The van der Waals surface area contributed by atoms with E-state index in [2.05, 4.69) is 15.6 Å². The van der Waals surface area contributed by atoms with Crippen molar-refractivity contribution in [1.29, 1.82) is 0 Å². The average molecular weight is 346 g/mol. The van der Waals surface area contributed by atoms with E-state index in [-0.39, 0.29) is 11.6 Å². The normalized spacial score (nSPS) is 11.7. The number of halogens is 2. The Morgan fingerprint density at radius 2 is 1.68 bits per heavy atom. The summed E-state index contributed by atoms with van der Waals surface area (Å²) in [5.41, 5.74) is 2.46. The lowest BCUT2D eigenvalue weighted by molar-refractivity contribution is 0.392. The second-order valence-electron chi connectivity index (χ2n) is 6.07. The Morgan fingerprint density at radius 3 is 2.28 bits per heavy atom. The van der Waals surface area contributed by atoms with E-state index >= 15 is 0 Å². The van der Waals surface area contributed by atoms with Crippen LogP contribution in [0, 0.1) is 11.6 Å². The van der Waals surface area contributed by atoms with Crippen LogP contribution in [0.5, 0.6) is 0 Å². The minimum atomic E-state index is -0.262. The Labute approximate surface area is 147 Å². The summed E-state index contributed by atoms with van der Waals surface area (Å²) < 4.78 is 27.0. The molecule has 0 aliphatic rings. The molecule has 0 bridgehead atoms. The molecule has 25 heavy (non-hydrogen) atoms. The molecule has 2 rings (SSSR count). The van der Waals surface area contributed by atoms with Crippen LogP contribution in [0.15, 0.2) is 47.5 Å². The van der Waals surface area contributed by atoms with Crippen LogP contribution in [0.1, 0.15) is 16.7 Å². The molecular weight excluding hydrogens is 322 g/mol. The summed E-state index contributed by atoms with van der Waals surface area (Å²) in [4.78, 5) is 6.07. The van der Waals surface area contributed by atoms with Crippen LogP contribution in [0.25, 0.3) is 0 Å². The van der Waals surface area contributed by atoms with Gasteiger partial charge in [-0.25, -0.2) is 8.78 Å². The predicted octanol–water partition coefficient (Wildman–Crippen LogP) is 2.89. The highest BCUT2D eigenvalue weighted by Gasteiger charge is 2.06. The molecule has 0 spiro atoms. The Bertz CT molecular complexity index is 729. The quantitative estimate of drug-likeness (QED) is 0.624. The highest BCUT2D eigenvalue weighted by atomic mass is 19.1. The lowest BCUT2D eigenvalue weighted by atomic mass is 10.1. The van der Waals surface area contributed by atoms with Crippen LogP contribution in [-0.2, 0) is 19.6 Å². The molecule has 0 aliphatic heterocycles. The summed E-state index contributed by atoms with van der Waals surface area (Å²) in [5, 5.41) is 6.31. The fourth-order valence-electron chi connectivity index (χ4n) is 2.44. The molecule has 4 nitrogen and oxygen atoms in total. The van der Waals surface area contributed by atoms with Crippen LogP contribution in [0.2, 0.25) is 0 Å². The van der Waals surface area contributed by atoms with Gasteiger partial charge in [-0.15, -0.1) is 0 Å². The molecule has 0 amide bonds. The zero-order valence-corrected chi connectivity index (χ0v) is 14.8. The minimum absolute atomic E-state index is 0.203. The van der Waals surface area contributed by atoms with Crippen LogP contribution in [-0.4, -0.2) is 32.0 Å². The van der Waals surface area contributed by atoms with Crippen molar-refractivity contribution < 1.29 is 8.78 Å². The van der Waals surface area contributed by atoms with Gasteiger partial charge in [-0.1, -0.05) is 18.2 Å². The van der Waals surface area contributed by atoms with E-state index < -0.39 is 0 Å². The third-order valence-corrected chi connectivity index (χ3v) is 3.63. The Morgan fingerprint density at radius 1 is 1.00 bits per heavy atom. The summed E-state index contributed by atoms with van der Waals surface area (Å²) in [5.74, 6) is 0.135. The van der Waals surface area contributed by atoms with Gasteiger partial charge < -0.3 is 15.5 Å². The standard InChI is InChI=1S/C19H24F2N4/c1-22-19(23-11-14-5-4-6-17(20)10-14)24-12-15-7-8-18(21)16(9-15)13-25(2)3/h4-10H,11-13H2,1-3H3,(H2,22,23,24). The number of hydrogen-bond donors (Lipinski definition) is 2. The Balaban J connectivity index is 1.92. The Kier molecular flexibility index (Phi) is 6.89. The van der Waals surface area contributed by atoms with Crippen molar-refractivity contribution in [3.8, 4) is 0 Å². The molecule has 0 atom stereocenters. The third-order valence-electron chi connectivity index (χ3n) is 3.63. The van der Waals surface area contributed by atoms with Gasteiger partial charge in [0, 0.05) is 32.2 Å². The average Bonchev–Trinajstić information content (AvgIpc) is 2.57. The number of aliphatic imine (C=N–C) groups is 1. The van der Waals surface area contributed by atoms with Gasteiger partial charge in [0.15, 0.2) is 5.96 Å². The van der Waals surface area contributed by atoms with Gasteiger partial charge >= 0.3 is 0 Å². The van der Waals surface area contributed by atoms with E-state index in [1.54, 1.807) is 19.2 Å². The molecule has 2 aromatic rings. The number of guanidine groups is 1. The predicted molar refractivity (Wildman–Crippen MR) is 97.2 cm³/mol. The number of rotatable bonds is 6. The number of hydrogen-bond acceptors (Lipinski definition) is 2. The van der Waals surface area contributed by atoms with E-state index in [0.717, 1.165) is 11.1 Å². The lowest BCUT2D eigenvalue weighted by Gasteiger charge is -2.14. The molecule has 0 saturated carbocycles. The monoisotopic (exact) mass is 346 g/mol. The SMILES string of the molecule is CN=C(NCc1cccc(F)c1)NCc1ccc(F)c(CN(C)C)c1. The summed E-state index contributed by atoms with van der Waals surface area (Å²) in [7, 11) is 5.48. The summed E-state index contributed by atoms with van der Waals surface area (Å²) in [6.07, 6.45) is 0. The van der Waals surface area contributed by atoms with Crippen molar-refractivity contribution >= 4 is 5.96 Å². The van der Waals surface area contributed by atoms with Gasteiger partial charge in [0.1, 0.15) is 11.6 Å². The number of benzene rings is 2. The molecule has 0 unspecified atom stereocenters. The molecule has 0 radical (unpaired) electrons. The van der Waals surface area contributed by atoms with Gasteiger partial charge in [-0.2, -0.15) is 0 Å². The molecular formula is C19H24F2N4. The molecule has 0 fully saturated rings. The fourth-order valence-corrected chi connectivity index (χ4v) is 2.44. The van der Waals surface area contributed by atoms with Gasteiger partial charge in [0.25, 0.3) is 0 Å². The summed E-state index contributed by atoms with van der Waals surface area (Å²) in [6, 6.07) is 11.5. The van der Waals surface area contributed by atoms with Crippen molar-refractivity contribution in [1.82, 2.24) is 15.5 Å². The highest BCUT2D eigenvalue weighted by molar-refractivity contribution is 5.79. The Hall–Kier alpha value is -2.47. The van der Waals surface area contributed by atoms with Crippen LogP contribution in [0.4, 0.5) is 8.78 Å². The van der Waals surface area contributed by atoms with Crippen molar-refractivity contribution in [2.75, 3.05) is 21.1 Å². The first kappa shape index (κ1) is 18.9. The molecule has 2 N–H and O–H groups in total. The van der Waals surface area contributed by atoms with E-state index in [1.807, 2.05) is 31.1 Å². The zero-order valence-electron chi connectivity index (χ0n) is 14.8. The van der Waals surface area contributed by atoms with Crippen molar-refractivity contribution in [2.24, 2.45) is 4.99 Å². The lowest BCUT2D eigenvalue weighted by Crippen LogP contribution is -2.36. The smallest absolute Gasteiger partial charge is 0.191 e. The molecule has 0 aromatic heterocycles. The van der Waals surface area contributed by atoms with Crippen molar-refractivity contribution in [3.63, 3.8) is 0 Å². The van der Waals surface area contributed by atoms with Crippen LogP contribution < -0.4 is 10.6 Å². The largest absolute Gasteiger partial charge is 0.352 e. The highest BCUT2D eigenvalue weighted by Crippen LogP contribution is 2.12. The molecule has 6 heteroatoms. The topological polar surface area (TPSA) is 39.7 Å². The van der Waals surface area contributed by atoms with Crippen LogP contribution in [0.3, 0.4) is 0 Å². The van der Waals surface area contributed by atoms with Gasteiger partial charge in [-0.3, -0.25) is 4.99 Å². The van der Waals surface area contributed by atoms with Crippen molar-refractivity contribution in [3.05, 3.63) is 70.8 Å². The van der Waals surface area contributed by atoms with Gasteiger partial charge in [-0.05, 0) is 49.5 Å². The zero-order chi connectivity index (χ0) is 18.2. The molecule has 0 saturated heterocycles. The summed E-state index contributed by atoms with van der Waals surface area (Å²) >= 11 is 0. The van der Waals surface area contributed by atoms with Crippen LogP contribution >= 0.6 is 0 Å². The van der Waals surface area contributed by atoms with Gasteiger partial charge in [0.2, 0.25) is 0 Å². The third kappa shape index (κ3) is 6.15. The maximum Gasteiger partial charge on any atom is 0.191 e. The fraction of sp³-hybridized carbons (Fsp3) is 0.316. The minimum Gasteiger partial charge on any atom is -0.352 e. The summed E-state index contributed by atoms with van der Waals surface area (Å²) in [6.45, 7) is 1.53. The van der Waals surface area contributed by atoms with E-state index in [1.165, 1.54) is 18.2 Å². The first-order valence-corrected chi connectivity index (χ1v) is 8.09. The number of nitrogens with zero attached hydrogens (tertiary/aromatic N) is 2. The maximum absolute atomic E-state index is 13.8.